The van der Waals surface area contributed by atoms with Crippen LogP contribution in [-0.2, 0) is 20.7 Å². The molecule has 2 N–H and O–H groups in total. The normalized spacial score (nSPS) is 16.3. The van der Waals surface area contributed by atoms with Gasteiger partial charge in [0.05, 0.1) is 13.7 Å². The van der Waals surface area contributed by atoms with Crippen molar-refractivity contribution in [3.8, 4) is 0 Å². The van der Waals surface area contributed by atoms with E-state index in [-0.39, 0.29) is 37.7 Å². The number of esters is 1. The van der Waals surface area contributed by atoms with Crippen molar-refractivity contribution in [3.05, 3.63) is 65.7 Å². The fraction of sp³-hybridized carbons (Fsp3) is 0.400. The van der Waals surface area contributed by atoms with Crippen molar-refractivity contribution in [2.45, 2.75) is 38.4 Å². The molecule has 4 amide bonds. The molecule has 1 aromatic heterocycles. The number of amides is 4. The summed E-state index contributed by atoms with van der Waals surface area (Å²) in [6.45, 7) is 3.67. The van der Waals surface area contributed by atoms with Crippen molar-refractivity contribution < 1.29 is 28.3 Å². The van der Waals surface area contributed by atoms with Crippen LogP contribution in [0.15, 0.2) is 48.8 Å². The fourth-order valence-corrected chi connectivity index (χ4v) is 3.93. The number of pyridine rings is 1. The molecule has 11 heteroatoms. The Labute approximate surface area is 208 Å². The second-order valence-electron chi connectivity index (χ2n) is 8.72. The van der Waals surface area contributed by atoms with Gasteiger partial charge in [-0.25, -0.2) is 14.0 Å². The van der Waals surface area contributed by atoms with Crippen LogP contribution in [0.25, 0.3) is 0 Å². The number of nitrogens with zero attached hydrogens (tertiary/aromatic N) is 3. The molecular weight excluding hydrogens is 469 g/mol. The van der Waals surface area contributed by atoms with Gasteiger partial charge in [-0.1, -0.05) is 12.1 Å². The van der Waals surface area contributed by atoms with Gasteiger partial charge in [0.25, 0.3) is 5.91 Å². The van der Waals surface area contributed by atoms with Gasteiger partial charge in [-0.2, -0.15) is 0 Å². The maximum atomic E-state index is 13.7. The number of halogens is 1. The SMILES string of the molecule is COC(=O)C(Cc1cccnc1)NC(=O)C1CN(C(=O)c2cccc(F)c2)CCN1C(=O)NC(C)C. The van der Waals surface area contributed by atoms with Gasteiger partial charge >= 0.3 is 12.0 Å². The molecule has 10 nitrogen and oxygen atoms in total. The first-order valence-electron chi connectivity index (χ1n) is 11.6. The minimum Gasteiger partial charge on any atom is -0.467 e. The zero-order chi connectivity index (χ0) is 26.2. The zero-order valence-electron chi connectivity index (χ0n) is 20.4. The number of aromatic nitrogens is 1. The van der Waals surface area contributed by atoms with Gasteiger partial charge in [0.2, 0.25) is 5.91 Å². The summed E-state index contributed by atoms with van der Waals surface area (Å²) in [4.78, 5) is 58.5. The van der Waals surface area contributed by atoms with Crippen molar-refractivity contribution in [3.63, 3.8) is 0 Å². The summed E-state index contributed by atoms with van der Waals surface area (Å²) in [7, 11) is 1.22. The molecule has 0 aliphatic carbocycles. The summed E-state index contributed by atoms with van der Waals surface area (Å²) < 4.78 is 18.5. The lowest BCUT2D eigenvalue weighted by Crippen LogP contribution is -2.64. The van der Waals surface area contributed by atoms with Crippen LogP contribution in [-0.4, -0.2) is 83.5 Å². The van der Waals surface area contributed by atoms with E-state index in [1.807, 2.05) is 0 Å². The highest BCUT2D eigenvalue weighted by Gasteiger charge is 2.39. The average Bonchev–Trinajstić information content (AvgIpc) is 2.87. The predicted molar refractivity (Wildman–Crippen MR) is 128 cm³/mol. The van der Waals surface area contributed by atoms with E-state index in [4.69, 9.17) is 4.74 Å². The smallest absolute Gasteiger partial charge is 0.328 e. The van der Waals surface area contributed by atoms with Crippen LogP contribution in [0.4, 0.5) is 9.18 Å². The first kappa shape index (κ1) is 26.6. The van der Waals surface area contributed by atoms with Crippen LogP contribution in [0.5, 0.6) is 0 Å². The monoisotopic (exact) mass is 499 g/mol. The average molecular weight is 500 g/mol. The van der Waals surface area contributed by atoms with Gasteiger partial charge in [-0.3, -0.25) is 14.6 Å². The first-order valence-corrected chi connectivity index (χ1v) is 11.6. The minimum absolute atomic E-state index is 0.0726. The molecule has 0 saturated carbocycles. The van der Waals surface area contributed by atoms with Crippen LogP contribution in [0.2, 0.25) is 0 Å². The lowest BCUT2D eigenvalue weighted by atomic mass is 10.1. The summed E-state index contributed by atoms with van der Waals surface area (Å²) in [5.41, 5.74) is 0.840. The van der Waals surface area contributed by atoms with Crippen molar-refractivity contribution in [2.75, 3.05) is 26.7 Å². The first-order chi connectivity index (χ1) is 17.2. The summed E-state index contributed by atoms with van der Waals surface area (Å²) in [6, 6.07) is 5.97. The molecule has 3 rings (SSSR count). The molecule has 0 spiro atoms. The summed E-state index contributed by atoms with van der Waals surface area (Å²) in [6.07, 6.45) is 3.29. The maximum Gasteiger partial charge on any atom is 0.328 e. The van der Waals surface area contributed by atoms with E-state index in [9.17, 15) is 23.6 Å². The molecule has 2 heterocycles. The Bertz CT molecular complexity index is 1100. The van der Waals surface area contributed by atoms with E-state index in [0.29, 0.717) is 5.56 Å². The Hall–Kier alpha value is -4.02. The predicted octanol–water partition coefficient (Wildman–Crippen LogP) is 1.37. The number of ether oxygens (including phenoxy) is 1. The van der Waals surface area contributed by atoms with E-state index < -0.39 is 41.7 Å². The molecule has 2 unspecified atom stereocenters. The van der Waals surface area contributed by atoms with Gasteiger partial charge in [-0.15, -0.1) is 0 Å². The number of methoxy groups -OCH3 is 1. The van der Waals surface area contributed by atoms with Gasteiger partial charge in [0.1, 0.15) is 17.9 Å². The largest absolute Gasteiger partial charge is 0.467 e. The third kappa shape index (κ3) is 6.77. The number of piperazine rings is 1. The Balaban J connectivity index is 1.83. The molecule has 0 radical (unpaired) electrons. The lowest BCUT2D eigenvalue weighted by molar-refractivity contribution is -0.145. The van der Waals surface area contributed by atoms with Gasteiger partial charge in [0.15, 0.2) is 0 Å². The van der Waals surface area contributed by atoms with E-state index in [1.54, 1.807) is 38.4 Å². The number of benzene rings is 1. The topological polar surface area (TPSA) is 121 Å². The van der Waals surface area contributed by atoms with Crippen LogP contribution < -0.4 is 10.6 Å². The Morgan fingerprint density at radius 3 is 2.56 bits per heavy atom. The molecule has 36 heavy (non-hydrogen) atoms. The van der Waals surface area contributed by atoms with Gasteiger partial charge in [0, 0.05) is 43.5 Å². The standard InChI is InChI=1S/C25H30FN5O5/c1-16(2)28-25(35)31-11-10-30(23(33)18-7-4-8-19(26)13-18)15-21(31)22(32)29-20(24(34)36-3)12-17-6-5-9-27-14-17/h4-9,13-14,16,20-21H,10-12,15H2,1-3H3,(H,28,35)(H,29,32). The van der Waals surface area contributed by atoms with E-state index in [1.165, 1.54) is 35.1 Å². The quantitative estimate of drug-likeness (QED) is 0.555. The minimum atomic E-state index is -1.09. The third-order valence-corrected chi connectivity index (χ3v) is 5.68. The second-order valence-corrected chi connectivity index (χ2v) is 8.72. The molecular formula is C25H30FN5O5. The van der Waals surface area contributed by atoms with Crippen LogP contribution in [0, 0.1) is 5.82 Å². The summed E-state index contributed by atoms with van der Waals surface area (Å²) >= 11 is 0. The number of carbonyl (C=O) groups excluding carboxylic acids is 4. The second kappa shape index (κ2) is 12.1. The molecule has 1 saturated heterocycles. The highest BCUT2D eigenvalue weighted by Crippen LogP contribution is 2.16. The molecule has 0 bridgehead atoms. The van der Waals surface area contributed by atoms with Crippen molar-refractivity contribution in [2.24, 2.45) is 0 Å². The maximum absolute atomic E-state index is 13.7. The molecule has 192 valence electrons. The number of urea groups is 1. The highest BCUT2D eigenvalue weighted by atomic mass is 19.1. The Morgan fingerprint density at radius 2 is 1.92 bits per heavy atom. The summed E-state index contributed by atoms with van der Waals surface area (Å²) in [5, 5.41) is 5.43. The van der Waals surface area contributed by atoms with Crippen molar-refractivity contribution in [1.82, 2.24) is 25.4 Å². The number of hydrogen-bond donors (Lipinski definition) is 2. The number of hydrogen-bond acceptors (Lipinski definition) is 6. The van der Waals surface area contributed by atoms with E-state index in [2.05, 4.69) is 15.6 Å². The highest BCUT2D eigenvalue weighted by molar-refractivity contribution is 5.96. The molecule has 1 aromatic carbocycles. The molecule has 1 aliphatic rings. The molecule has 2 atom stereocenters. The molecule has 1 fully saturated rings. The summed E-state index contributed by atoms with van der Waals surface area (Å²) in [5.74, 6) is -2.30. The van der Waals surface area contributed by atoms with Gasteiger partial charge < -0.3 is 25.2 Å². The van der Waals surface area contributed by atoms with Gasteiger partial charge in [-0.05, 0) is 43.7 Å². The Kier molecular flexibility index (Phi) is 8.93. The molecule has 1 aliphatic heterocycles. The zero-order valence-corrected chi connectivity index (χ0v) is 20.4. The van der Waals surface area contributed by atoms with Crippen molar-refractivity contribution >= 4 is 23.8 Å². The lowest BCUT2D eigenvalue weighted by Gasteiger charge is -2.41. The number of rotatable bonds is 7. The van der Waals surface area contributed by atoms with Crippen molar-refractivity contribution in [1.29, 1.82) is 0 Å². The van der Waals surface area contributed by atoms with Crippen LogP contribution in [0.1, 0.15) is 29.8 Å². The number of carbonyl (C=O) groups is 4. The third-order valence-electron chi connectivity index (χ3n) is 5.68. The molecule has 2 aromatic rings. The fourth-order valence-electron chi connectivity index (χ4n) is 3.93. The van der Waals surface area contributed by atoms with Crippen LogP contribution >= 0.6 is 0 Å². The van der Waals surface area contributed by atoms with Crippen LogP contribution in [0.3, 0.4) is 0 Å². The van der Waals surface area contributed by atoms with E-state index in [0.717, 1.165) is 6.07 Å². The Morgan fingerprint density at radius 1 is 1.14 bits per heavy atom. The number of nitrogens with one attached hydrogen (secondary N) is 2. The van der Waals surface area contributed by atoms with E-state index >= 15 is 0 Å².